The average Bonchev–Trinajstić information content (AvgIpc) is 3.06. The van der Waals surface area contributed by atoms with Crippen LogP contribution in [0.3, 0.4) is 0 Å². The lowest BCUT2D eigenvalue weighted by Crippen LogP contribution is -2.59. The van der Waals surface area contributed by atoms with Crippen LogP contribution >= 0.6 is 23.4 Å². The lowest BCUT2D eigenvalue weighted by atomic mass is 10.0. The van der Waals surface area contributed by atoms with Gasteiger partial charge >= 0.3 is 18.2 Å². The number of amides is 4. The van der Waals surface area contributed by atoms with Gasteiger partial charge in [0.25, 0.3) is 0 Å². The standard InChI is InChI=1S/C18H17ClF4N4O5S/c1-7(15(30)31)26-14(29)6-33-16(26)24-10-4-11(9(20)3-8(10)19)27-13(28)5-12(18(21,22)23)25(2)17(27)32/h3-4,7-8,10,12H,5-6H2,1-2H3,(H,30,31). The Hall–Kier alpha value is -2.61. The molecule has 1 aliphatic carbocycles. The molecule has 0 bridgehead atoms. The van der Waals surface area contributed by atoms with Crippen LogP contribution in [0.15, 0.2) is 28.7 Å². The minimum absolute atomic E-state index is 0.0117. The number of urea groups is 1. The molecule has 1 N–H and O–H groups in total. The molecule has 0 spiro atoms. The largest absolute Gasteiger partial charge is 0.480 e. The number of aliphatic imine (C=N–C) groups is 1. The number of aliphatic carboxylic acids is 1. The molecule has 180 valence electrons. The maximum atomic E-state index is 14.7. The Bertz CT molecular complexity index is 1000. The normalized spacial score (nSPS) is 28.9. The third kappa shape index (κ3) is 4.71. The Balaban J connectivity index is 1.96. The van der Waals surface area contributed by atoms with E-state index in [1.807, 2.05) is 0 Å². The van der Waals surface area contributed by atoms with Gasteiger partial charge in [0.2, 0.25) is 11.8 Å². The second-order valence-corrected chi connectivity index (χ2v) is 8.81. The van der Waals surface area contributed by atoms with Crippen molar-refractivity contribution in [2.45, 2.75) is 43.0 Å². The Morgan fingerprint density at radius 1 is 1.27 bits per heavy atom. The summed E-state index contributed by atoms with van der Waals surface area (Å²) in [5.41, 5.74) is -0.629. The number of carbonyl (C=O) groups excluding carboxylic acids is 3. The molecule has 2 fully saturated rings. The van der Waals surface area contributed by atoms with Crippen LogP contribution in [0.5, 0.6) is 0 Å². The molecule has 0 aromatic rings. The molecule has 0 aromatic heterocycles. The predicted molar refractivity (Wildman–Crippen MR) is 109 cm³/mol. The summed E-state index contributed by atoms with van der Waals surface area (Å²) in [6, 6.07) is -6.13. The summed E-state index contributed by atoms with van der Waals surface area (Å²) in [6.07, 6.45) is -4.14. The number of hydrogen-bond donors (Lipinski definition) is 1. The highest BCUT2D eigenvalue weighted by molar-refractivity contribution is 8.15. The molecule has 2 aliphatic heterocycles. The maximum absolute atomic E-state index is 14.7. The summed E-state index contributed by atoms with van der Waals surface area (Å²) in [5, 5.41) is 8.07. The molecular formula is C18H17ClF4N4O5S. The minimum atomic E-state index is -4.85. The van der Waals surface area contributed by atoms with Crippen molar-refractivity contribution in [1.82, 2.24) is 14.7 Å². The van der Waals surface area contributed by atoms with Crippen LogP contribution in [0.2, 0.25) is 0 Å². The summed E-state index contributed by atoms with van der Waals surface area (Å²) in [7, 11) is 0.846. The van der Waals surface area contributed by atoms with Gasteiger partial charge in [-0.05, 0) is 19.1 Å². The van der Waals surface area contributed by atoms with Crippen molar-refractivity contribution in [3.63, 3.8) is 0 Å². The van der Waals surface area contributed by atoms with E-state index in [9.17, 15) is 41.8 Å². The Labute approximate surface area is 193 Å². The zero-order chi connectivity index (χ0) is 24.8. The molecule has 15 heteroatoms. The number of thioether (sulfide) groups is 1. The fourth-order valence-electron chi connectivity index (χ4n) is 3.40. The van der Waals surface area contributed by atoms with Crippen LogP contribution in [0, 0.1) is 0 Å². The number of hydrogen-bond acceptors (Lipinski definition) is 6. The minimum Gasteiger partial charge on any atom is -0.480 e. The second kappa shape index (κ2) is 8.97. The van der Waals surface area contributed by atoms with Crippen LogP contribution < -0.4 is 0 Å². The highest BCUT2D eigenvalue weighted by Crippen LogP contribution is 2.36. The van der Waals surface area contributed by atoms with Gasteiger partial charge in [0.1, 0.15) is 17.9 Å². The first kappa shape index (κ1) is 25.0. The number of amidine groups is 1. The zero-order valence-corrected chi connectivity index (χ0v) is 18.6. The maximum Gasteiger partial charge on any atom is 0.409 e. The zero-order valence-electron chi connectivity index (χ0n) is 17.0. The van der Waals surface area contributed by atoms with Gasteiger partial charge in [-0.2, -0.15) is 13.2 Å². The molecule has 3 rings (SSSR count). The van der Waals surface area contributed by atoms with E-state index in [-0.39, 0.29) is 15.8 Å². The van der Waals surface area contributed by atoms with E-state index in [0.29, 0.717) is 4.90 Å². The molecule has 4 amide bonds. The van der Waals surface area contributed by atoms with Crippen molar-refractivity contribution in [2.75, 3.05) is 12.8 Å². The molecule has 3 aliphatic rings. The number of carbonyl (C=O) groups is 4. The molecule has 33 heavy (non-hydrogen) atoms. The molecule has 0 radical (unpaired) electrons. The fraction of sp³-hybridized carbons (Fsp3) is 0.500. The quantitative estimate of drug-likeness (QED) is 0.457. The highest BCUT2D eigenvalue weighted by atomic mass is 35.5. The number of halogens is 5. The molecular weight excluding hydrogens is 496 g/mol. The molecule has 2 heterocycles. The molecule has 0 aromatic carbocycles. The SMILES string of the molecule is CC(C(=O)O)N1C(=O)CSC1=NC1C=C(N2C(=O)CC(C(F)(F)F)N(C)C2=O)C(F)=CC1Cl. The van der Waals surface area contributed by atoms with E-state index in [0.717, 1.165) is 35.9 Å². The highest BCUT2D eigenvalue weighted by Gasteiger charge is 2.52. The number of alkyl halides is 4. The van der Waals surface area contributed by atoms with Crippen LogP contribution in [-0.4, -0.2) is 91.3 Å². The van der Waals surface area contributed by atoms with Gasteiger partial charge in [0.15, 0.2) is 5.17 Å². The van der Waals surface area contributed by atoms with Gasteiger partial charge < -0.3 is 10.0 Å². The predicted octanol–water partition coefficient (Wildman–Crippen LogP) is 2.33. The van der Waals surface area contributed by atoms with Gasteiger partial charge in [-0.1, -0.05) is 11.8 Å². The van der Waals surface area contributed by atoms with Crippen LogP contribution in [0.1, 0.15) is 13.3 Å². The third-order valence-corrected chi connectivity index (χ3v) is 6.54. The number of carboxylic acid groups (broad SMARTS) is 1. The first-order chi connectivity index (χ1) is 15.2. The molecule has 9 nitrogen and oxygen atoms in total. The van der Waals surface area contributed by atoms with E-state index >= 15 is 0 Å². The number of nitrogens with zero attached hydrogens (tertiary/aromatic N) is 4. The summed E-state index contributed by atoms with van der Waals surface area (Å²) in [6.45, 7) is 1.26. The van der Waals surface area contributed by atoms with Crippen LogP contribution in [0.4, 0.5) is 22.4 Å². The summed E-state index contributed by atoms with van der Waals surface area (Å²) >= 11 is 7.05. The van der Waals surface area contributed by atoms with Crippen LogP contribution in [0.25, 0.3) is 0 Å². The fourth-order valence-corrected chi connectivity index (χ4v) is 4.63. The first-order valence-electron chi connectivity index (χ1n) is 9.39. The van der Waals surface area contributed by atoms with Crippen molar-refractivity contribution in [2.24, 2.45) is 4.99 Å². The van der Waals surface area contributed by atoms with Gasteiger partial charge in [0.05, 0.1) is 29.3 Å². The Morgan fingerprint density at radius 3 is 2.48 bits per heavy atom. The van der Waals surface area contributed by atoms with Gasteiger partial charge in [0, 0.05) is 7.05 Å². The summed E-state index contributed by atoms with van der Waals surface area (Å²) in [4.78, 5) is 54.1. The summed E-state index contributed by atoms with van der Waals surface area (Å²) in [5.74, 6) is -4.29. The number of carboxylic acids is 1. The van der Waals surface area contributed by atoms with Gasteiger partial charge in [-0.3, -0.25) is 19.5 Å². The lowest BCUT2D eigenvalue weighted by Gasteiger charge is -2.39. The van der Waals surface area contributed by atoms with E-state index in [4.69, 9.17) is 11.6 Å². The molecule has 4 unspecified atom stereocenters. The first-order valence-corrected chi connectivity index (χ1v) is 10.8. The van der Waals surface area contributed by atoms with E-state index in [2.05, 4.69) is 4.99 Å². The van der Waals surface area contributed by atoms with Crippen molar-refractivity contribution < 1.29 is 41.8 Å². The van der Waals surface area contributed by atoms with Crippen molar-refractivity contribution >= 4 is 52.3 Å². The number of imide groups is 1. The van der Waals surface area contributed by atoms with Crippen molar-refractivity contribution in [1.29, 1.82) is 0 Å². The van der Waals surface area contributed by atoms with Crippen molar-refractivity contribution in [3.8, 4) is 0 Å². The Kier molecular flexibility index (Phi) is 6.80. The molecule has 0 saturated carbocycles. The molecule has 4 atom stereocenters. The monoisotopic (exact) mass is 512 g/mol. The van der Waals surface area contributed by atoms with E-state index in [1.54, 1.807) is 0 Å². The van der Waals surface area contributed by atoms with Gasteiger partial charge in [-0.15, -0.1) is 11.6 Å². The lowest BCUT2D eigenvalue weighted by molar-refractivity contribution is -0.184. The van der Waals surface area contributed by atoms with Crippen LogP contribution in [-0.2, 0) is 14.4 Å². The average molecular weight is 513 g/mol. The third-order valence-electron chi connectivity index (χ3n) is 5.21. The number of allylic oxidation sites excluding steroid dienone is 1. The second-order valence-electron chi connectivity index (χ2n) is 7.36. The number of rotatable bonds is 4. The molecule has 2 saturated heterocycles. The van der Waals surface area contributed by atoms with E-state index in [1.165, 1.54) is 6.92 Å². The van der Waals surface area contributed by atoms with Gasteiger partial charge in [-0.25, -0.2) is 18.9 Å². The topological polar surface area (TPSA) is 111 Å². The van der Waals surface area contributed by atoms with E-state index < -0.39 is 71.4 Å². The Morgan fingerprint density at radius 2 is 1.91 bits per heavy atom. The van der Waals surface area contributed by atoms with Crippen molar-refractivity contribution in [3.05, 3.63) is 23.7 Å². The summed E-state index contributed by atoms with van der Waals surface area (Å²) < 4.78 is 54.1. The smallest absolute Gasteiger partial charge is 0.409 e.